The molecule has 0 aliphatic carbocycles. The van der Waals surface area contributed by atoms with Crippen molar-refractivity contribution in [2.45, 2.75) is 0 Å². The fourth-order valence-corrected chi connectivity index (χ4v) is 3.76. The summed E-state index contributed by atoms with van der Waals surface area (Å²) >= 11 is 6.67. The predicted octanol–water partition coefficient (Wildman–Crippen LogP) is 4.67. The quantitative estimate of drug-likeness (QED) is 0.412. The van der Waals surface area contributed by atoms with Gasteiger partial charge in [-0.3, -0.25) is 9.69 Å². The number of thiocarbonyl (C=S) groups is 1. The van der Waals surface area contributed by atoms with Crippen LogP contribution >= 0.6 is 24.0 Å². The van der Waals surface area contributed by atoms with Crippen molar-refractivity contribution < 1.29 is 14.3 Å². The number of carbonyl (C=O) groups excluding carboxylic acids is 1. The smallest absolute Gasteiger partial charge is 0.270 e. The molecule has 1 fully saturated rings. The van der Waals surface area contributed by atoms with Crippen molar-refractivity contribution in [1.29, 1.82) is 0 Å². The fourth-order valence-electron chi connectivity index (χ4n) is 2.46. The van der Waals surface area contributed by atoms with E-state index in [0.29, 0.717) is 27.3 Å². The molecular formula is C20H17NO3S2. The van der Waals surface area contributed by atoms with E-state index >= 15 is 0 Å². The monoisotopic (exact) mass is 383 g/mol. The maximum absolute atomic E-state index is 12.8. The van der Waals surface area contributed by atoms with Crippen molar-refractivity contribution in [3.8, 4) is 11.5 Å². The summed E-state index contributed by atoms with van der Waals surface area (Å²) in [5, 5.41) is 0. The van der Waals surface area contributed by atoms with Gasteiger partial charge >= 0.3 is 0 Å². The second-order valence-corrected chi connectivity index (χ2v) is 7.04. The Balaban J connectivity index is 1.87. The molecule has 0 N–H and O–H groups in total. The summed E-state index contributed by atoms with van der Waals surface area (Å²) in [5.74, 6) is 1.10. The molecule has 0 radical (unpaired) electrons. The number of ether oxygens (including phenoxy) is 2. The molecule has 3 rings (SSSR count). The van der Waals surface area contributed by atoms with Crippen molar-refractivity contribution in [2.75, 3.05) is 18.6 Å². The highest BCUT2D eigenvalue weighted by molar-refractivity contribution is 8.27. The van der Waals surface area contributed by atoms with Crippen molar-refractivity contribution in [2.24, 2.45) is 0 Å². The first-order valence-corrected chi connectivity index (χ1v) is 9.11. The van der Waals surface area contributed by atoms with Gasteiger partial charge in [-0.05, 0) is 35.9 Å². The zero-order valence-corrected chi connectivity index (χ0v) is 15.8. The van der Waals surface area contributed by atoms with Crippen LogP contribution in [0.3, 0.4) is 0 Å². The number of methoxy groups -OCH3 is 1. The average Bonchev–Trinajstić information content (AvgIpc) is 2.94. The summed E-state index contributed by atoms with van der Waals surface area (Å²) in [4.78, 5) is 14.9. The van der Waals surface area contributed by atoms with Crippen LogP contribution in [0.15, 0.2) is 66.1 Å². The Morgan fingerprint density at radius 1 is 1.19 bits per heavy atom. The van der Waals surface area contributed by atoms with Crippen molar-refractivity contribution in [3.05, 3.63) is 71.7 Å². The van der Waals surface area contributed by atoms with Gasteiger partial charge in [-0.15, -0.1) is 0 Å². The van der Waals surface area contributed by atoms with E-state index in [1.165, 1.54) is 11.8 Å². The zero-order chi connectivity index (χ0) is 18.5. The molecule has 2 aromatic rings. The molecule has 1 amide bonds. The minimum absolute atomic E-state index is 0.128. The molecule has 0 saturated carbocycles. The van der Waals surface area contributed by atoms with Gasteiger partial charge in [-0.25, -0.2) is 0 Å². The first kappa shape index (κ1) is 18.2. The van der Waals surface area contributed by atoms with Crippen LogP contribution < -0.4 is 14.4 Å². The largest absolute Gasteiger partial charge is 0.493 e. The Morgan fingerprint density at radius 3 is 2.65 bits per heavy atom. The Labute approximate surface area is 162 Å². The SMILES string of the molecule is C=CCOc1ccc(C=C2SC(=S)N(c3ccccc3)C2=O)cc1OC. The lowest BCUT2D eigenvalue weighted by molar-refractivity contribution is -0.113. The highest BCUT2D eigenvalue weighted by Gasteiger charge is 2.33. The third kappa shape index (κ3) is 3.81. The van der Waals surface area contributed by atoms with Gasteiger partial charge in [0.1, 0.15) is 6.61 Å². The van der Waals surface area contributed by atoms with E-state index < -0.39 is 0 Å². The third-order valence-corrected chi connectivity index (χ3v) is 4.95. The van der Waals surface area contributed by atoms with Crippen LogP contribution in [0.25, 0.3) is 6.08 Å². The lowest BCUT2D eigenvalue weighted by Gasteiger charge is -2.13. The van der Waals surface area contributed by atoms with Crippen LogP contribution in [-0.4, -0.2) is 23.9 Å². The van der Waals surface area contributed by atoms with Gasteiger partial charge in [0, 0.05) is 0 Å². The molecule has 0 unspecified atom stereocenters. The summed E-state index contributed by atoms with van der Waals surface area (Å²) in [6, 6.07) is 14.9. The molecule has 1 aliphatic rings. The molecule has 0 spiro atoms. The molecular weight excluding hydrogens is 366 g/mol. The number of para-hydroxylation sites is 1. The number of nitrogens with zero attached hydrogens (tertiary/aromatic N) is 1. The Hall–Kier alpha value is -2.57. The van der Waals surface area contributed by atoms with Gasteiger partial charge in [0.05, 0.1) is 17.7 Å². The molecule has 26 heavy (non-hydrogen) atoms. The summed E-state index contributed by atoms with van der Waals surface area (Å²) in [6.07, 6.45) is 3.48. The minimum Gasteiger partial charge on any atom is -0.493 e. The van der Waals surface area contributed by atoms with Crippen LogP contribution in [0.5, 0.6) is 11.5 Å². The van der Waals surface area contributed by atoms with E-state index in [-0.39, 0.29) is 5.91 Å². The standard InChI is InChI=1S/C20H17NO3S2/c1-3-11-24-16-10-9-14(12-17(16)23-2)13-18-19(22)21(20(25)26-18)15-7-5-4-6-8-15/h3-10,12-13H,1,11H2,2H3. The van der Waals surface area contributed by atoms with Crippen molar-refractivity contribution in [3.63, 3.8) is 0 Å². The van der Waals surface area contributed by atoms with E-state index in [1.807, 2.05) is 54.6 Å². The van der Waals surface area contributed by atoms with Gasteiger partial charge in [0.2, 0.25) is 0 Å². The molecule has 6 heteroatoms. The third-order valence-electron chi connectivity index (χ3n) is 3.65. The lowest BCUT2D eigenvalue weighted by Crippen LogP contribution is -2.27. The van der Waals surface area contributed by atoms with E-state index in [2.05, 4.69) is 6.58 Å². The molecule has 1 saturated heterocycles. The molecule has 0 bridgehead atoms. The Bertz CT molecular complexity index is 878. The van der Waals surface area contributed by atoms with Crippen LogP contribution in [0.1, 0.15) is 5.56 Å². The van der Waals surface area contributed by atoms with Crippen LogP contribution in [0, 0.1) is 0 Å². The first-order chi connectivity index (χ1) is 12.6. The molecule has 0 atom stereocenters. The maximum atomic E-state index is 12.8. The predicted molar refractivity (Wildman–Crippen MR) is 111 cm³/mol. The number of hydrogen-bond donors (Lipinski definition) is 0. The zero-order valence-electron chi connectivity index (χ0n) is 14.2. The minimum atomic E-state index is -0.128. The van der Waals surface area contributed by atoms with Gasteiger partial charge < -0.3 is 9.47 Å². The van der Waals surface area contributed by atoms with Gasteiger partial charge in [-0.1, -0.05) is 60.9 Å². The van der Waals surface area contributed by atoms with Crippen molar-refractivity contribution >= 4 is 46.0 Å². The molecule has 132 valence electrons. The summed E-state index contributed by atoms with van der Waals surface area (Å²) in [5.41, 5.74) is 1.60. The van der Waals surface area contributed by atoms with Crippen LogP contribution in [-0.2, 0) is 4.79 Å². The summed E-state index contributed by atoms with van der Waals surface area (Å²) < 4.78 is 11.4. The van der Waals surface area contributed by atoms with E-state index in [4.69, 9.17) is 21.7 Å². The van der Waals surface area contributed by atoms with Gasteiger partial charge in [0.15, 0.2) is 15.8 Å². The molecule has 2 aromatic carbocycles. The highest BCUT2D eigenvalue weighted by atomic mass is 32.2. The van der Waals surface area contributed by atoms with Gasteiger partial charge in [0.25, 0.3) is 5.91 Å². The number of hydrogen-bond acceptors (Lipinski definition) is 5. The molecule has 1 aliphatic heterocycles. The number of thioether (sulfide) groups is 1. The average molecular weight is 383 g/mol. The number of benzene rings is 2. The number of amides is 1. The highest BCUT2D eigenvalue weighted by Crippen LogP contribution is 2.37. The summed E-state index contributed by atoms with van der Waals surface area (Å²) in [6.45, 7) is 4.03. The van der Waals surface area contributed by atoms with E-state index in [0.717, 1.165) is 11.3 Å². The summed E-state index contributed by atoms with van der Waals surface area (Å²) in [7, 11) is 1.58. The first-order valence-electron chi connectivity index (χ1n) is 7.89. The second kappa shape index (κ2) is 8.21. The second-order valence-electron chi connectivity index (χ2n) is 5.36. The number of anilines is 1. The Morgan fingerprint density at radius 2 is 1.96 bits per heavy atom. The maximum Gasteiger partial charge on any atom is 0.270 e. The van der Waals surface area contributed by atoms with E-state index in [9.17, 15) is 4.79 Å². The lowest BCUT2D eigenvalue weighted by atomic mass is 10.2. The molecule has 1 heterocycles. The molecule has 4 nitrogen and oxygen atoms in total. The van der Waals surface area contributed by atoms with Crippen molar-refractivity contribution in [1.82, 2.24) is 0 Å². The van der Waals surface area contributed by atoms with Gasteiger partial charge in [-0.2, -0.15) is 0 Å². The van der Waals surface area contributed by atoms with Crippen LogP contribution in [0.2, 0.25) is 0 Å². The normalized spacial score (nSPS) is 15.4. The number of rotatable bonds is 6. The van der Waals surface area contributed by atoms with E-state index in [1.54, 1.807) is 18.1 Å². The van der Waals surface area contributed by atoms with Crippen LogP contribution in [0.4, 0.5) is 5.69 Å². The molecule has 0 aromatic heterocycles. The number of carbonyl (C=O) groups is 1. The Kier molecular flexibility index (Phi) is 5.75. The topological polar surface area (TPSA) is 38.8 Å². The fraction of sp³-hybridized carbons (Fsp3) is 0.100.